The highest BCUT2D eigenvalue weighted by Gasteiger charge is 2.29. The third kappa shape index (κ3) is 4.47. The second-order valence-corrected chi connectivity index (χ2v) is 6.44. The fourth-order valence-electron chi connectivity index (χ4n) is 3.39. The normalized spacial score (nSPS) is 16.2. The standard InChI is InChI=1S/C21H23NO3/c23-15-20(18-9-5-2-6-10-18)19-11-13-22(14-12-19)21(24)25-16-17-7-3-1-4-8-17/h1-10,15,19-20H,11-14,16H2. The third-order valence-corrected chi connectivity index (χ3v) is 4.84. The molecule has 1 saturated heterocycles. The van der Waals surface area contributed by atoms with Crippen molar-refractivity contribution < 1.29 is 14.3 Å². The quantitative estimate of drug-likeness (QED) is 0.774. The van der Waals surface area contributed by atoms with Crippen LogP contribution in [0, 0.1) is 5.92 Å². The Kier molecular flexibility index (Phi) is 5.83. The van der Waals surface area contributed by atoms with E-state index in [-0.39, 0.29) is 17.9 Å². The molecule has 1 atom stereocenters. The molecule has 25 heavy (non-hydrogen) atoms. The number of rotatable bonds is 5. The van der Waals surface area contributed by atoms with Crippen LogP contribution < -0.4 is 0 Å². The Balaban J connectivity index is 1.51. The SMILES string of the molecule is O=CC(c1ccccc1)C1CCN(C(=O)OCc2ccccc2)CC1. The summed E-state index contributed by atoms with van der Waals surface area (Å²) >= 11 is 0. The molecule has 130 valence electrons. The van der Waals surface area contributed by atoms with Crippen molar-refractivity contribution in [3.8, 4) is 0 Å². The Labute approximate surface area is 148 Å². The van der Waals surface area contributed by atoms with E-state index in [1.54, 1.807) is 4.90 Å². The molecule has 1 unspecified atom stereocenters. The van der Waals surface area contributed by atoms with E-state index in [4.69, 9.17) is 4.74 Å². The first kappa shape index (κ1) is 17.2. The van der Waals surface area contributed by atoms with Gasteiger partial charge in [-0.15, -0.1) is 0 Å². The van der Waals surface area contributed by atoms with Gasteiger partial charge in [-0.2, -0.15) is 0 Å². The average Bonchev–Trinajstić information content (AvgIpc) is 2.69. The first-order valence-corrected chi connectivity index (χ1v) is 8.74. The number of piperidine rings is 1. The van der Waals surface area contributed by atoms with Crippen LogP contribution in [0.15, 0.2) is 60.7 Å². The molecule has 0 aromatic heterocycles. The number of nitrogens with zero attached hydrogens (tertiary/aromatic N) is 1. The molecule has 1 aliphatic rings. The van der Waals surface area contributed by atoms with E-state index in [0.717, 1.165) is 30.3 Å². The summed E-state index contributed by atoms with van der Waals surface area (Å²) in [5, 5.41) is 0. The van der Waals surface area contributed by atoms with Gasteiger partial charge in [-0.3, -0.25) is 0 Å². The number of hydrogen-bond donors (Lipinski definition) is 0. The second kappa shape index (κ2) is 8.47. The molecule has 0 aliphatic carbocycles. The van der Waals surface area contributed by atoms with Gasteiger partial charge in [0.25, 0.3) is 0 Å². The van der Waals surface area contributed by atoms with E-state index in [9.17, 15) is 9.59 Å². The number of carbonyl (C=O) groups excluding carboxylic acids is 2. The molecule has 0 radical (unpaired) electrons. The van der Waals surface area contributed by atoms with Gasteiger partial charge in [-0.05, 0) is 29.9 Å². The minimum absolute atomic E-state index is 0.0938. The number of benzene rings is 2. The predicted octanol–water partition coefficient (Wildman–Crippen LogP) is 4.02. The van der Waals surface area contributed by atoms with Gasteiger partial charge in [-0.25, -0.2) is 4.79 Å². The number of aldehydes is 1. The van der Waals surface area contributed by atoms with Gasteiger partial charge in [0.1, 0.15) is 12.9 Å². The van der Waals surface area contributed by atoms with Crippen LogP contribution >= 0.6 is 0 Å². The van der Waals surface area contributed by atoms with Gasteiger partial charge in [0.2, 0.25) is 0 Å². The molecule has 0 spiro atoms. The topological polar surface area (TPSA) is 46.6 Å². The molecule has 1 fully saturated rings. The molecule has 2 aromatic rings. The number of amides is 1. The fourth-order valence-corrected chi connectivity index (χ4v) is 3.39. The van der Waals surface area contributed by atoms with E-state index in [1.165, 1.54) is 0 Å². The number of ether oxygens (including phenoxy) is 1. The van der Waals surface area contributed by atoms with Crippen LogP contribution in [-0.2, 0) is 16.1 Å². The Morgan fingerprint density at radius 3 is 2.24 bits per heavy atom. The number of carbonyl (C=O) groups is 2. The fraction of sp³-hybridized carbons (Fsp3) is 0.333. The zero-order valence-corrected chi connectivity index (χ0v) is 14.2. The van der Waals surface area contributed by atoms with Crippen LogP contribution in [-0.4, -0.2) is 30.4 Å². The zero-order valence-electron chi connectivity index (χ0n) is 14.2. The van der Waals surface area contributed by atoms with E-state index in [2.05, 4.69) is 0 Å². The summed E-state index contributed by atoms with van der Waals surface area (Å²) in [4.78, 5) is 25.5. The highest BCUT2D eigenvalue weighted by atomic mass is 16.6. The van der Waals surface area contributed by atoms with Crippen molar-refractivity contribution in [2.45, 2.75) is 25.4 Å². The lowest BCUT2D eigenvalue weighted by molar-refractivity contribution is -0.110. The van der Waals surface area contributed by atoms with Crippen molar-refractivity contribution >= 4 is 12.4 Å². The van der Waals surface area contributed by atoms with E-state index >= 15 is 0 Å². The van der Waals surface area contributed by atoms with Crippen LogP contribution in [0.4, 0.5) is 4.79 Å². The zero-order chi connectivity index (χ0) is 17.5. The summed E-state index contributed by atoms with van der Waals surface area (Å²) in [6.45, 7) is 1.56. The van der Waals surface area contributed by atoms with Crippen LogP contribution in [0.25, 0.3) is 0 Å². The van der Waals surface area contributed by atoms with E-state index < -0.39 is 0 Å². The smallest absolute Gasteiger partial charge is 0.410 e. The molecule has 2 aromatic carbocycles. The van der Waals surface area contributed by atoms with E-state index in [1.807, 2.05) is 60.7 Å². The van der Waals surface area contributed by atoms with Crippen molar-refractivity contribution in [2.24, 2.45) is 5.92 Å². The summed E-state index contributed by atoms with van der Waals surface area (Å²) < 4.78 is 5.39. The highest BCUT2D eigenvalue weighted by Crippen LogP contribution is 2.31. The maximum Gasteiger partial charge on any atom is 0.410 e. The van der Waals surface area contributed by atoms with Gasteiger partial charge >= 0.3 is 6.09 Å². The summed E-state index contributed by atoms with van der Waals surface area (Å²) in [5.74, 6) is 0.182. The molecule has 1 amide bonds. The molecule has 1 aliphatic heterocycles. The number of hydrogen-bond acceptors (Lipinski definition) is 3. The van der Waals surface area contributed by atoms with Crippen LogP contribution in [0.3, 0.4) is 0 Å². The predicted molar refractivity (Wildman–Crippen MR) is 96.2 cm³/mol. The minimum atomic E-state index is -0.273. The summed E-state index contributed by atoms with van der Waals surface area (Å²) in [5.41, 5.74) is 2.04. The van der Waals surface area contributed by atoms with Gasteiger partial charge in [0.05, 0.1) is 0 Å². The lowest BCUT2D eigenvalue weighted by atomic mass is 9.81. The van der Waals surface area contributed by atoms with Crippen molar-refractivity contribution in [3.05, 3.63) is 71.8 Å². The van der Waals surface area contributed by atoms with Crippen molar-refractivity contribution in [1.82, 2.24) is 4.90 Å². The third-order valence-electron chi connectivity index (χ3n) is 4.84. The lowest BCUT2D eigenvalue weighted by Gasteiger charge is -2.33. The van der Waals surface area contributed by atoms with Crippen molar-refractivity contribution in [3.63, 3.8) is 0 Å². The summed E-state index contributed by atoms with van der Waals surface area (Å²) in [6, 6.07) is 19.5. The van der Waals surface area contributed by atoms with Crippen LogP contribution in [0.1, 0.15) is 29.9 Å². The van der Waals surface area contributed by atoms with Crippen molar-refractivity contribution in [1.29, 1.82) is 0 Å². The molecule has 1 heterocycles. The van der Waals surface area contributed by atoms with Gasteiger partial charge in [0.15, 0.2) is 0 Å². The summed E-state index contributed by atoms with van der Waals surface area (Å²) in [6.07, 6.45) is 2.41. The van der Waals surface area contributed by atoms with Gasteiger partial charge in [0, 0.05) is 19.0 Å². The lowest BCUT2D eigenvalue weighted by Crippen LogP contribution is -2.40. The Morgan fingerprint density at radius 2 is 1.64 bits per heavy atom. The number of likely N-dealkylation sites (tertiary alicyclic amines) is 1. The minimum Gasteiger partial charge on any atom is -0.445 e. The van der Waals surface area contributed by atoms with Crippen molar-refractivity contribution in [2.75, 3.05) is 13.1 Å². The molecule has 0 saturated carbocycles. The monoisotopic (exact) mass is 337 g/mol. The summed E-state index contributed by atoms with van der Waals surface area (Å²) in [7, 11) is 0. The largest absolute Gasteiger partial charge is 0.445 e. The molecule has 4 heteroatoms. The Morgan fingerprint density at radius 1 is 1.04 bits per heavy atom. The van der Waals surface area contributed by atoms with Gasteiger partial charge in [-0.1, -0.05) is 60.7 Å². The average molecular weight is 337 g/mol. The first-order chi connectivity index (χ1) is 12.3. The molecule has 0 bridgehead atoms. The molecule has 0 N–H and O–H groups in total. The van der Waals surface area contributed by atoms with E-state index in [0.29, 0.717) is 19.7 Å². The molecule has 4 nitrogen and oxygen atoms in total. The first-order valence-electron chi connectivity index (χ1n) is 8.74. The Bertz CT molecular complexity index is 679. The van der Waals surface area contributed by atoms with Crippen LogP contribution in [0.2, 0.25) is 0 Å². The Hall–Kier alpha value is -2.62. The molecular formula is C21H23NO3. The molecule has 3 rings (SSSR count). The second-order valence-electron chi connectivity index (χ2n) is 6.44. The van der Waals surface area contributed by atoms with Crippen LogP contribution in [0.5, 0.6) is 0 Å². The molecular weight excluding hydrogens is 314 g/mol. The highest BCUT2D eigenvalue weighted by molar-refractivity contribution is 5.68. The maximum atomic E-state index is 12.2. The maximum absolute atomic E-state index is 12.2. The van der Waals surface area contributed by atoms with Gasteiger partial charge < -0.3 is 14.4 Å².